The van der Waals surface area contributed by atoms with Crippen LogP contribution in [0.25, 0.3) is 0 Å². The molecule has 1 aliphatic heterocycles. The Balaban J connectivity index is 2.18. The average molecular weight is 268 g/mol. The van der Waals surface area contributed by atoms with E-state index in [4.69, 9.17) is 15.2 Å². The van der Waals surface area contributed by atoms with Crippen molar-refractivity contribution in [1.29, 1.82) is 0 Å². The van der Waals surface area contributed by atoms with Gasteiger partial charge in [-0.3, -0.25) is 0 Å². The van der Waals surface area contributed by atoms with Gasteiger partial charge in [0.2, 0.25) is 0 Å². The highest BCUT2D eigenvalue weighted by molar-refractivity contribution is 5.50. The van der Waals surface area contributed by atoms with Crippen molar-refractivity contribution in [3.05, 3.63) is 29.6 Å². The van der Waals surface area contributed by atoms with Crippen LogP contribution in [0.1, 0.15) is 5.56 Å². The van der Waals surface area contributed by atoms with Gasteiger partial charge in [-0.2, -0.15) is 0 Å². The van der Waals surface area contributed by atoms with E-state index in [2.05, 4.69) is 4.90 Å². The van der Waals surface area contributed by atoms with Crippen molar-refractivity contribution in [2.45, 2.75) is 18.6 Å². The van der Waals surface area contributed by atoms with Crippen LogP contribution in [-0.2, 0) is 15.9 Å². The van der Waals surface area contributed by atoms with E-state index in [0.29, 0.717) is 26.1 Å². The summed E-state index contributed by atoms with van der Waals surface area (Å²) < 4.78 is 24.4. The lowest BCUT2D eigenvalue weighted by Gasteiger charge is -2.19. The minimum Gasteiger partial charge on any atom is -0.377 e. The lowest BCUT2D eigenvalue weighted by Crippen LogP contribution is -2.27. The Kier molecular flexibility index (Phi) is 4.74. The standard InChI is InChI=1S/C14H21FN2O2/c1-18-13-8-17(9-14(13)19-2)12-6-10(3-4-16)5-11(15)7-12/h5-7,13-14H,3-4,8-9,16H2,1-2H3. The molecule has 0 amide bonds. The van der Waals surface area contributed by atoms with Gasteiger partial charge in [0.1, 0.15) is 18.0 Å². The first-order valence-electron chi connectivity index (χ1n) is 6.48. The average Bonchev–Trinajstić information content (AvgIpc) is 2.81. The molecule has 1 aliphatic rings. The van der Waals surface area contributed by atoms with Gasteiger partial charge in [0, 0.05) is 33.0 Å². The van der Waals surface area contributed by atoms with Gasteiger partial charge in [-0.05, 0) is 36.7 Å². The predicted molar refractivity (Wildman–Crippen MR) is 73.0 cm³/mol. The zero-order valence-corrected chi connectivity index (χ0v) is 11.4. The third-order valence-electron chi connectivity index (χ3n) is 3.56. The van der Waals surface area contributed by atoms with Crippen molar-refractivity contribution in [2.75, 3.05) is 38.8 Å². The summed E-state index contributed by atoms with van der Waals surface area (Å²) in [5.74, 6) is -0.226. The van der Waals surface area contributed by atoms with Gasteiger partial charge in [-0.15, -0.1) is 0 Å². The molecule has 1 fully saturated rings. The number of rotatable bonds is 5. The highest BCUT2D eigenvalue weighted by Gasteiger charge is 2.33. The fourth-order valence-electron chi connectivity index (χ4n) is 2.53. The Bertz CT molecular complexity index is 416. The molecule has 0 saturated carbocycles. The second kappa shape index (κ2) is 6.32. The summed E-state index contributed by atoms with van der Waals surface area (Å²) >= 11 is 0. The maximum atomic E-state index is 13.6. The molecule has 1 saturated heterocycles. The first kappa shape index (κ1) is 14.2. The SMILES string of the molecule is COC1CN(c2cc(F)cc(CCN)c2)CC1OC. The second-order valence-corrected chi connectivity index (χ2v) is 4.81. The van der Waals surface area contributed by atoms with E-state index in [1.165, 1.54) is 6.07 Å². The molecule has 1 heterocycles. The number of hydrogen-bond donors (Lipinski definition) is 1. The van der Waals surface area contributed by atoms with Gasteiger partial charge in [-0.25, -0.2) is 4.39 Å². The molecule has 106 valence electrons. The van der Waals surface area contributed by atoms with Crippen LogP contribution in [0.4, 0.5) is 10.1 Å². The molecular formula is C14H21FN2O2. The fourth-order valence-corrected chi connectivity index (χ4v) is 2.53. The molecule has 1 aromatic carbocycles. The van der Waals surface area contributed by atoms with Crippen LogP contribution >= 0.6 is 0 Å². The zero-order chi connectivity index (χ0) is 13.8. The minimum atomic E-state index is -0.226. The van der Waals surface area contributed by atoms with Gasteiger partial charge >= 0.3 is 0 Å². The van der Waals surface area contributed by atoms with Crippen molar-refractivity contribution in [3.8, 4) is 0 Å². The van der Waals surface area contributed by atoms with Crippen LogP contribution in [0.15, 0.2) is 18.2 Å². The van der Waals surface area contributed by atoms with Gasteiger partial charge in [-0.1, -0.05) is 0 Å². The first-order chi connectivity index (χ1) is 9.17. The van der Waals surface area contributed by atoms with Crippen molar-refractivity contribution >= 4 is 5.69 Å². The topological polar surface area (TPSA) is 47.7 Å². The Morgan fingerprint density at radius 1 is 1.21 bits per heavy atom. The molecule has 2 rings (SSSR count). The smallest absolute Gasteiger partial charge is 0.125 e. The summed E-state index contributed by atoms with van der Waals surface area (Å²) in [5.41, 5.74) is 7.31. The normalized spacial score (nSPS) is 23.1. The highest BCUT2D eigenvalue weighted by atomic mass is 19.1. The van der Waals surface area contributed by atoms with Crippen LogP contribution in [0.2, 0.25) is 0 Å². The van der Waals surface area contributed by atoms with Gasteiger partial charge in [0.25, 0.3) is 0 Å². The van der Waals surface area contributed by atoms with Crippen molar-refractivity contribution in [3.63, 3.8) is 0 Å². The summed E-state index contributed by atoms with van der Waals surface area (Å²) in [5, 5.41) is 0. The van der Waals surface area contributed by atoms with Gasteiger partial charge < -0.3 is 20.1 Å². The molecule has 0 aliphatic carbocycles. The Morgan fingerprint density at radius 3 is 2.37 bits per heavy atom. The molecule has 1 aromatic rings. The van der Waals surface area contributed by atoms with Gasteiger partial charge in [0.05, 0.1) is 0 Å². The molecule has 0 spiro atoms. The molecule has 5 heteroatoms. The second-order valence-electron chi connectivity index (χ2n) is 4.81. The lowest BCUT2D eigenvalue weighted by molar-refractivity contribution is -0.00461. The number of nitrogens with zero attached hydrogens (tertiary/aromatic N) is 1. The molecule has 0 radical (unpaired) electrons. The van der Waals surface area contributed by atoms with E-state index in [9.17, 15) is 4.39 Å². The van der Waals surface area contributed by atoms with Crippen LogP contribution in [0.3, 0.4) is 0 Å². The summed E-state index contributed by atoms with van der Waals surface area (Å²) in [4.78, 5) is 2.09. The molecule has 0 aromatic heterocycles. The fraction of sp³-hybridized carbons (Fsp3) is 0.571. The van der Waals surface area contributed by atoms with Crippen LogP contribution < -0.4 is 10.6 Å². The largest absolute Gasteiger partial charge is 0.377 e. The third kappa shape index (κ3) is 3.23. The molecule has 2 atom stereocenters. The van der Waals surface area contributed by atoms with E-state index in [0.717, 1.165) is 11.3 Å². The van der Waals surface area contributed by atoms with Crippen LogP contribution in [-0.4, -0.2) is 46.1 Å². The van der Waals surface area contributed by atoms with Crippen molar-refractivity contribution < 1.29 is 13.9 Å². The third-order valence-corrected chi connectivity index (χ3v) is 3.56. The number of ether oxygens (including phenoxy) is 2. The Morgan fingerprint density at radius 2 is 1.84 bits per heavy atom. The van der Waals surface area contributed by atoms with E-state index in [1.807, 2.05) is 6.07 Å². The summed E-state index contributed by atoms with van der Waals surface area (Å²) in [7, 11) is 3.34. The predicted octanol–water partition coefficient (Wildman–Crippen LogP) is 1.18. The van der Waals surface area contributed by atoms with Gasteiger partial charge in [0.15, 0.2) is 0 Å². The van der Waals surface area contributed by atoms with Crippen molar-refractivity contribution in [2.24, 2.45) is 5.73 Å². The number of hydrogen-bond acceptors (Lipinski definition) is 4. The van der Waals surface area contributed by atoms with Crippen LogP contribution in [0.5, 0.6) is 0 Å². The van der Waals surface area contributed by atoms with Crippen molar-refractivity contribution in [1.82, 2.24) is 0 Å². The first-order valence-corrected chi connectivity index (χ1v) is 6.48. The summed E-state index contributed by atoms with van der Waals surface area (Å²) in [6.45, 7) is 1.94. The molecule has 19 heavy (non-hydrogen) atoms. The quantitative estimate of drug-likeness (QED) is 0.871. The lowest BCUT2D eigenvalue weighted by atomic mass is 10.1. The number of methoxy groups -OCH3 is 2. The van der Waals surface area contributed by atoms with E-state index in [-0.39, 0.29) is 18.0 Å². The number of halogens is 1. The summed E-state index contributed by atoms with van der Waals surface area (Å²) in [6, 6.07) is 5.07. The zero-order valence-electron chi connectivity index (χ0n) is 11.4. The summed E-state index contributed by atoms with van der Waals surface area (Å²) in [6.07, 6.45) is 0.720. The molecule has 0 bridgehead atoms. The monoisotopic (exact) mass is 268 g/mol. The van der Waals surface area contributed by atoms with E-state index >= 15 is 0 Å². The van der Waals surface area contributed by atoms with E-state index in [1.54, 1.807) is 20.3 Å². The number of nitrogens with two attached hydrogens (primary N) is 1. The van der Waals surface area contributed by atoms with Crippen LogP contribution in [0, 0.1) is 5.82 Å². The highest BCUT2D eigenvalue weighted by Crippen LogP contribution is 2.25. The molecular weight excluding hydrogens is 247 g/mol. The Hall–Kier alpha value is -1.17. The maximum absolute atomic E-state index is 13.6. The molecule has 2 unspecified atom stereocenters. The van der Waals surface area contributed by atoms with E-state index < -0.39 is 0 Å². The number of anilines is 1. The maximum Gasteiger partial charge on any atom is 0.125 e. The minimum absolute atomic E-state index is 0.0197. The molecule has 4 nitrogen and oxygen atoms in total. The molecule has 2 N–H and O–H groups in total. The Labute approximate surface area is 113 Å². The number of benzene rings is 1.